The molecule has 0 atom stereocenters. The van der Waals surface area contributed by atoms with Crippen molar-refractivity contribution in [1.29, 1.82) is 0 Å². The molecular weight excluding hydrogens is 253 g/mol. The number of halogens is 1. The van der Waals surface area contributed by atoms with Gasteiger partial charge in [0.25, 0.3) is 5.91 Å². The number of carbonyl (C=O) groups is 1. The normalized spacial score (nSPS) is 10.2. The number of ether oxygens (including phenoxy) is 1. The number of thiol groups is 1. The molecule has 0 saturated carbocycles. The van der Waals surface area contributed by atoms with Crippen molar-refractivity contribution in [2.24, 2.45) is 0 Å². The average molecular weight is 269 g/mol. The van der Waals surface area contributed by atoms with Crippen LogP contribution >= 0.6 is 12.6 Å². The highest BCUT2D eigenvalue weighted by Crippen LogP contribution is 2.13. The minimum atomic E-state index is -0.562. The zero-order chi connectivity index (χ0) is 13.5. The third-order valence-electron chi connectivity index (χ3n) is 2.07. The van der Waals surface area contributed by atoms with E-state index in [9.17, 15) is 9.18 Å². The van der Waals surface area contributed by atoms with Crippen LogP contribution < -0.4 is 5.32 Å². The highest BCUT2D eigenvalue weighted by molar-refractivity contribution is 7.80. The summed E-state index contributed by atoms with van der Waals surface area (Å²) in [6.45, 7) is 6.68. The van der Waals surface area contributed by atoms with E-state index in [0.29, 0.717) is 24.7 Å². The van der Waals surface area contributed by atoms with Crippen molar-refractivity contribution in [3.63, 3.8) is 0 Å². The molecule has 0 radical (unpaired) electrons. The summed E-state index contributed by atoms with van der Waals surface area (Å²) in [5, 5.41) is 2.57. The average Bonchev–Trinajstić information content (AvgIpc) is 2.31. The number of benzene rings is 1. The van der Waals surface area contributed by atoms with Crippen LogP contribution in [-0.2, 0) is 4.74 Å². The molecular formula is C13H16FNO2S. The second-order valence-electron chi connectivity index (χ2n) is 3.93. The Kier molecular flexibility index (Phi) is 5.88. The molecule has 98 valence electrons. The lowest BCUT2D eigenvalue weighted by molar-refractivity contribution is 0.0922. The maximum absolute atomic E-state index is 13.4. The molecule has 0 aliphatic carbocycles. The first kappa shape index (κ1) is 14.7. The Hall–Kier alpha value is -1.33. The van der Waals surface area contributed by atoms with Crippen LogP contribution in [0, 0.1) is 5.82 Å². The Labute approximate surface area is 111 Å². The third-order valence-corrected chi connectivity index (χ3v) is 2.35. The highest BCUT2D eigenvalue weighted by atomic mass is 32.1. The van der Waals surface area contributed by atoms with Crippen molar-refractivity contribution < 1.29 is 13.9 Å². The standard InChI is InChI=1S/C13H16FNO2S/c1-9(2)8-17-6-5-15-13(16)11-7-10(18)3-4-12(11)14/h3-4,7,18H,1,5-6,8H2,2H3,(H,15,16). The van der Waals surface area contributed by atoms with Crippen LogP contribution in [0.3, 0.4) is 0 Å². The molecule has 1 N–H and O–H groups in total. The smallest absolute Gasteiger partial charge is 0.254 e. The van der Waals surface area contributed by atoms with E-state index in [4.69, 9.17) is 4.74 Å². The molecule has 5 heteroatoms. The van der Waals surface area contributed by atoms with E-state index >= 15 is 0 Å². The van der Waals surface area contributed by atoms with Crippen LogP contribution in [-0.4, -0.2) is 25.7 Å². The number of rotatable bonds is 6. The molecule has 18 heavy (non-hydrogen) atoms. The minimum absolute atomic E-state index is 0.0117. The Balaban J connectivity index is 2.41. The van der Waals surface area contributed by atoms with Gasteiger partial charge in [0.15, 0.2) is 0 Å². The van der Waals surface area contributed by atoms with E-state index in [0.717, 1.165) is 5.57 Å². The van der Waals surface area contributed by atoms with E-state index in [1.807, 2.05) is 6.92 Å². The fourth-order valence-corrected chi connectivity index (χ4v) is 1.47. The van der Waals surface area contributed by atoms with Gasteiger partial charge < -0.3 is 10.1 Å². The zero-order valence-electron chi connectivity index (χ0n) is 10.2. The number of amides is 1. The summed E-state index contributed by atoms with van der Waals surface area (Å²) in [6, 6.07) is 4.10. The van der Waals surface area contributed by atoms with E-state index in [-0.39, 0.29) is 5.56 Å². The second-order valence-corrected chi connectivity index (χ2v) is 4.45. The topological polar surface area (TPSA) is 38.3 Å². The van der Waals surface area contributed by atoms with Gasteiger partial charge in [-0.05, 0) is 25.1 Å². The van der Waals surface area contributed by atoms with Gasteiger partial charge in [0.05, 0.1) is 18.8 Å². The molecule has 0 aliphatic heterocycles. The van der Waals surface area contributed by atoms with E-state index in [1.54, 1.807) is 0 Å². The summed E-state index contributed by atoms with van der Waals surface area (Å²) in [7, 11) is 0. The second kappa shape index (κ2) is 7.18. The summed E-state index contributed by atoms with van der Waals surface area (Å²) in [4.78, 5) is 12.2. The van der Waals surface area contributed by atoms with Gasteiger partial charge in [0.2, 0.25) is 0 Å². The quantitative estimate of drug-likeness (QED) is 0.473. The van der Waals surface area contributed by atoms with Gasteiger partial charge in [-0.25, -0.2) is 4.39 Å². The lowest BCUT2D eigenvalue weighted by Gasteiger charge is -2.07. The number of hydrogen-bond donors (Lipinski definition) is 2. The molecule has 0 saturated heterocycles. The van der Waals surface area contributed by atoms with Crippen LogP contribution in [0.15, 0.2) is 35.2 Å². The summed E-state index contributed by atoms with van der Waals surface area (Å²) in [5.41, 5.74) is 0.901. The van der Waals surface area contributed by atoms with E-state index in [2.05, 4.69) is 24.5 Å². The van der Waals surface area contributed by atoms with Crippen molar-refractivity contribution in [3.8, 4) is 0 Å². The van der Waals surface area contributed by atoms with Gasteiger partial charge in [-0.2, -0.15) is 0 Å². The molecule has 0 heterocycles. The van der Waals surface area contributed by atoms with Gasteiger partial charge >= 0.3 is 0 Å². The van der Waals surface area contributed by atoms with Crippen LogP contribution in [0.4, 0.5) is 4.39 Å². The van der Waals surface area contributed by atoms with Crippen molar-refractivity contribution in [2.45, 2.75) is 11.8 Å². The summed E-state index contributed by atoms with van der Waals surface area (Å²) in [5.74, 6) is -1.03. The molecule has 1 aromatic rings. The molecule has 0 unspecified atom stereocenters. The molecule has 1 amide bonds. The van der Waals surface area contributed by atoms with Crippen LogP contribution in [0.25, 0.3) is 0 Å². The van der Waals surface area contributed by atoms with Crippen LogP contribution in [0.5, 0.6) is 0 Å². The monoisotopic (exact) mass is 269 g/mol. The van der Waals surface area contributed by atoms with Crippen LogP contribution in [0.1, 0.15) is 17.3 Å². The molecule has 3 nitrogen and oxygen atoms in total. The Morgan fingerprint density at radius 2 is 2.28 bits per heavy atom. The SMILES string of the molecule is C=C(C)COCCNC(=O)c1cc(S)ccc1F. The Morgan fingerprint density at radius 3 is 2.94 bits per heavy atom. The van der Waals surface area contributed by atoms with E-state index in [1.165, 1.54) is 18.2 Å². The van der Waals surface area contributed by atoms with Crippen molar-refractivity contribution >= 4 is 18.5 Å². The first-order chi connectivity index (χ1) is 8.50. The predicted octanol–water partition coefficient (Wildman–Crippen LogP) is 2.44. The number of carbonyl (C=O) groups excluding carboxylic acids is 1. The van der Waals surface area contributed by atoms with Crippen LogP contribution in [0.2, 0.25) is 0 Å². The molecule has 1 aromatic carbocycles. The number of nitrogens with one attached hydrogen (secondary N) is 1. The molecule has 1 rings (SSSR count). The molecule has 0 aliphatic rings. The minimum Gasteiger partial charge on any atom is -0.375 e. The Bertz CT molecular complexity index is 449. The highest BCUT2D eigenvalue weighted by Gasteiger charge is 2.11. The van der Waals surface area contributed by atoms with Gasteiger partial charge in [0, 0.05) is 11.4 Å². The fraction of sp³-hybridized carbons (Fsp3) is 0.308. The van der Waals surface area contributed by atoms with E-state index < -0.39 is 11.7 Å². The van der Waals surface area contributed by atoms with Gasteiger partial charge in [-0.15, -0.1) is 12.6 Å². The lowest BCUT2D eigenvalue weighted by atomic mass is 10.2. The molecule has 0 aromatic heterocycles. The predicted molar refractivity (Wildman–Crippen MR) is 71.6 cm³/mol. The van der Waals surface area contributed by atoms with Crippen molar-refractivity contribution in [3.05, 3.63) is 41.7 Å². The zero-order valence-corrected chi connectivity index (χ0v) is 11.1. The molecule has 0 fully saturated rings. The molecule has 0 bridgehead atoms. The molecule has 0 spiro atoms. The van der Waals surface area contributed by atoms with Gasteiger partial charge in [-0.3, -0.25) is 4.79 Å². The number of hydrogen-bond acceptors (Lipinski definition) is 3. The summed E-state index contributed by atoms with van der Waals surface area (Å²) in [6.07, 6.45) is 0. The van der Waals surface area contributed by atoms with Crippen molar-refractivity contribution in [1.82, 2.24) is 5.32 Å². The largest absolute Gasteiger partial charge is 0.375 e. The first-order valence-electron chi connectivity index (χ1n) is 5.49. The van der Waals surface area contributed by atoms with Gasteiger partial charge in [0.1, 0.15) is 5.82 Å². The Morgan fingerprint density at radius 1 is 1.56 bits per heavy atom. The maximum Gasteiger partial charge on any atom is 0.254 e. The maximum atomic E-state index is 13.4. The fourth-order valence-electron chi connectivity index (χ4n) is 1.27. The lowest BCUT2D eigenvalue weighted by Crippen LogP contribution is -2.28. The first-order valence-corrected chi connectivity index (χ1v) is 5.94. The van der Waals surface area contributed by atoms with Crippen molar-refractivity contribution in [2.75, 3.05) is 19.8 Å². The van der Waals surface area contributed by atoms with Gasteiger partial charge in [-0.1, -0.05) is 12.2 Å². The summed E-state index contributed by atoms with van der Waals surface area (Å²) >= 11 is 4.06. The summed E-state index contributed by atoms with van der Waals surface area (Å²) < 4.78 is 18.6. The third kappa shape index (κ3) is 4.89.